The number of rotatable bonds is 3. The summed E-state index contributed by atoms with van der Waals surface area (Å²) in [6.07, 6.45) is 0. The lowest BCUT2D eigenvalue weighted by molar-refractivity contribution is 0.172. The Labute approximate surface area is 132 Å². The predicted molar refractivity (Wildman–Crippen MR) is 88.1 cm³/mol. The normalized spacial score (nSPS) is 13.0. The Morgan fingerprint density at radius 1 is 1.10 bits per heavy atom. The predicted octanol–water partition coefficient (Wildman–Crippen LogP) is 3.44. The number of nitrogens with two attached hydrogens (primary N) is 1. The average Bonchev–Trinajstić information content (AvgIpc) is 2.49. The van der Waals surface area contributed by atoms with E-state index in [1.165, 1.54) is 5.56 Å². The third-order valence-corrected chi connectivity index (χ3v) is 3.96. The molecule has 4 nitrogen and oxygen atoms in total. The molecule has 1 aliphatic rings. The van der Waals surface area contributed by atoms with Crippen LogP contribution in [0.4, 0.5) is 11.4 Å². The van der Waals surface area contributed by atoms with Crippen molar-refractivity contribution < 1.29 is 9.47 Å². The van der Waals surface area contributed by atoms with Gasteiger partial charge in [0, 0.05) is 30.2 Å². The zero-order valence-electron chi connectivity index (χ0n) is 11.8. The lowest BCUT2D eigenvalue weighted by Crippen LogP contribution is -2.20. The average molecular weight is 349 g/mol. The molecule has 2 N–H and O–H groups in total. The smallest absolute Gasteiger partial charge is 0.163 e. The maximum atomic E-state index is 6.14. The van der Waals surface area contributed by atoms with Crippen molar-refractivity contribution in [3.8, 4) is 11.5 Å². The van der Waals surface area contributed by atoms with E-state index in [4.69, 9.17) is 15.2 Å². The Hall–Kier alpha value is -1.88. The molecule has 0 bridgehead atoms. The summed E-state index contributed by atoms with van der Waals surface area (Å²) in [6, 6.07) is 12.0. The van der Waals surface area contributed by atoms with Gasteiger partial charge in [-0.3, -0.25) is 0 Å². The first kappa shape index (κ1) is 14.1. The van der Waals surface area contributed by atoms with Crippen LogP contribution in [0.5, 0.6) is 11.5 Å². The van der Waals surface area contributed by atoms with E-state index in [1.807, 2.05) is 31.3 Å². The molecule has 3 rings (SSSR count). The van der Waals surface area contributed by atoms with Gasteiger partial charge < -0.3 is 20.1 Å². The van der Waals surface area contributed by atoms with Gasteiger partial charge in [0.25, 0.3) is 0 Å². The van der Waals surface area contributed by atoms with E-state index in [1.54, 1.807) is 0 Å². The molecule has 0 unspecified atom stereocenters. The summed E-state index contributed by atoms with van der Waals surface area (Å²) < 4.78 is 12.2. The molecular weight excluding hydrogens is 332 g/mol. The third-order valence-electron chi connectivity index (χ3n) is 3.44. The highest BCUT2D eigenvalue weighted by Gasteiger charge is 2.16. The van der Waals surface area contributed by atoms with E-state index < -0.39 is 0 Å². The van der Waals surface area contributed by atoms with Crippen LogP contribution in [0.15, 0.2) is 40.9 Å². The molecule has 5 heteroatoms. The van der Waals surface area contributed by atoms with Crippen molar-refractivity contribution in [1.29, 1.82) is 0 Å². The first-order valence-electron chi connectivity index (χ1n) is 6.78. The van der Waals surface area contributed by atoms with E-state index >= 15 is 0 Å². The van der Waals surface area contributed by atoms with Crippen LogP contribution in [-0.4, -0.2) is 20.3 Å². The maximum Gasteiger partial charge on any atom is 0.163 e. The van der Waals surface area contributed by atoms with E-state index in [0.717, 1.165) is 28.2 Å². The second-order valence-electron chi connectivity index (χ2n) is 5.04. The summed E-state index contributed by atoms with van der Waals surface area (Å²) in [5, 5.41) is 0. The fraction of sp³-hybridized carbons (Fsp3) is 0.250. The number of nitrogens with zero attached hydrogens (tertiary/aromatic N) is 1. The molecule has 0 amide bonds. The molecule has 0 radical (unpaired) electrons. The van der Waals surface area contributed by atoms with Gasteiger partial charge in [0.2, 0.25) is 0 Å². The Kier molecular flexibility index (Phi) is 3.92. The molecule has 2 aromatic rings. The van der Waals surface area contributed by atoms with E-state index in [0.29, 0.717) is 18.9 Å². The maximum absolute atomic E-state index is 6.14. The summed E-state index contributed by atoms with van der Waals surface area (Å²) in [6.45, 7) is 1.92. The van der Waals surface area contributed by atoms with Gasteiger partial charge in [0.05, 0.1) is 11.4 Å². The van der Waals surface area contributed by atoms with Gasteiger partial charge in [0.15, 0.2) is 11.5 Å². The number of ether oxygens (including phenoxy) is 2. The molecule has 1 aliphatic heterocycles. The van der Waals surface area contributed by atoms with Crippen LogP contribution in [0.3, 0.4) is 0 Å². The SMILES string of the molecule is CN(Cc1ccc(Br)cc1)c1cc2c(cc1N)OCCO2. The minimum atomic E-state index is 0.570. The molecule has 0 atom stereocenters. The van der Waals surface area contributed by atoms with Gasteiger partial charge in [-0.1, -0.05) is 28.1 Å². The molecule has 21 heavy (non-hydrogen) atoms. The lowest BCUT2D eigenvalue weighted by atomic mass is 10.1. The Morgan fingerprint density at radius 3 is 2.38 bits per heavy atom. The molecule has 0 saturated carbocycles. The van der Waals surface area contributed by atoms with Gasteiger partial charge in [-0.05, 0) is 17.7 Å². The van der Waals surface area contributed by atoms with Crippen LogP contribution < -0.4 is 20.1 Å². The topological polar surface area (TPSA) is 47.7 Å². The zero-order valence-corrected chi connectivity index (χ0v) is 13.4. The molecule has 0 saturated heterocycles. The number of halogens is 1. The molecule has 0 aromatic heterocycles. The van der Waals surface area contributed by atoms with Crippen LogP contribution in [0.2, 0.25) is 0 Å². The Bertz CT molecular complexity index is 643. The lowest BCUT2D eigenvalue weighted by Gasteiger charge is -2.25. The summed E-state index contributed by atoms with van der Waals surface area (Å²) in [5.41, 5.74) is 9.00. The molecule has 0 fully saturated rings. The van der Waals surface area contributed by atoms with Crippen LogP contribution in [-0.2, 0) is 6.54 Å². The highest BCUT2D eigenvalue weighted by molar-refractivity contribution is 9.10. The van der Waals surface area contributed by atoms with Crippen molar-refractivity contribution in [2.45, 2.75) is 6.54 Å². The largest absolute Gasteiger partial charge is 0.486 e. The summed E-state index contributed by atoms with van der Waals surface area (Å²) in [7, 11) is 2.02. The first-order chi connectivity index (χ1) is 10.1. The number of anilines is 2. The zero-order chi connectivity index (χ0) is 14.8. The van der Waals surface area contributed by atoms with Crippen molar-refractivity contribution in [2.75, 3.05) is 30.9 Å². The van der Waals surface area contributed by atoms with Gasteiger partial charge >= 0.3 is 0 Å². The monoisotopic (exact) mass is 348 g/mol. The van der Waals surface area contributed by atoms with Crippen LogP contribution in [0.1, 0.15) is 5.56 Å². The highest BCUT2D eigenvalue weighted by Crippen LogP contribution is 2.38. The van der Waals surface area contributed by atoms with Crippen LogP contribution in [0.25, 0.3) is 0 Å². The molecule has 110 valence electrons. The Morgan fingerprint density at radius 2 is 1.71 bits per heavy atom. The third kappa shape index (κ3) is 3.08. The van der Waals surface area contributed by atoms with Gasteiger partial charge in [0.1, 0.15) is 13.2 Å². The van der Waals surface area contributed by atoms with E-state index in [2.05, 4.69) is 33.0 Å². The molecule has 0 aliphatic carbocycles. The highest BCUT2D eigenvalue weighted by atomic mass is 79.9. The minimum Gasteiger partial charge on any atom is -0.486 e. The summed E-state index contributed by atoms with van der Waals surface area (Å²) in [4.78, 5) is 2.11. The summed E-state index contributed by atoms with van der Waals surface area (Å²) in [5.74, 6) is 1.48. The summed E-state index contributed by atoms with van der Waals surface area (Å²) >= 11 is 3.45. The fourth-order valence-electron chi connectivity index (χ4n) is 2.37. The standard InChI is InChI=1S/C16H17BrN2O2/c1-19(10-11-2-4-12(17)5-3-11)14-9-16-15(8-13(14)18)20-6-7-21-16/h2-5,8-9H,6-7,10,18H2,1H3. The molecule has 2 aromatic carbocycles. The number of fused-ring (bicyclic) bond motifs is 1. The van der Waals surface area contributed by atoms with Gasteiger partial charge in [-0.15, -0.1) is 0 Å². The quantitative estimate of drug-likeness (QED) is 0.863. The van der Waals surface area contributed by atoms with Gasteiger partial charge in [-0.2, -0.15) is 0 Å². The first-order valence-corrected chi connectivity index (χ1v) is 7.57. The van der Waals surface area contributed by atoms with Crippen molar-refractivity contribution in [3.05, 3.63) is 46.4 Å². The number of hydrogen-bond donors (Lipinski definition) is 1. The van der Waals surface area contributed by atoms with Gasteiger partial charge in [-0.25, -0.2) is 0 Å². The Balaban J connectivity index is 1.83. The van der Waals surface area contributed by atoms with Crippen molar-refractivity contribution >= 4 is 27.3 Å². The number of benzene rings is 2. The molecular formula is C16H17BrN2O2. The minimum absolute atomic E-state index is 0.570. The number of hydrogen-bond acceptors (Lipinski definition) is 4. The van der Waals surface area contributed by atoms with Crippen LogP contribution >= 0.6 is 15.9 Å². The van der Waals surface area contributed by atoms with E-state index in [-0.39, 0.29) is 0 Å². The van der Waals surface area contributed by atoms with Crippen molar-refractivity contribution in [2.24, 2.45) is 0 Å². The second kappa shape index (κ2) is 5.85. The van der Waals surface area contributed by atoms with E-state index in [9.17, 15) is 0 Å². The second-order valence-corrected chi connectivity index (χ2v) is 5.95. The van der Waals surface area contributed by atoms with Crippen molar-refractivity contribution in [1.82, 2.24) is 0 Å². The van der Waals surface area contributed by atoms with Crippen LogP contribution in [0, 0.1) is 0 Å². The molecule has 0 spiro atoms. The fourth-order valence-corrected chi connectivity index (χ4v) is 2.64. The number of nitrogen functional groups attached to an aromatic ring is 1. The molecule has 1 heterocycles. The van der Waals surface area contributed by atoms with Crippen molar-refractivity contribution in [3.63, 3.8) is 0 Å².